The van der Waals surface area contributed by atoms with E-state index in [1.54, 1.807) is 26.0 Å². The van der Waals surface area contributed by atoms with Crippen LogP contribution in [0.5, 0.6) is 0 Å². The van der Waals surface area contributed by atoms with E-state index in [4.69, 9.17) is 9.52 Å². The van der Waals surface area contributed by atoms with Crippen LogP contribution in [-0.4, -0.2) is 22.3 Å². The molecule has 1 heterocycles. The fourth-order valence-corrected chi connectivity index (χ4v) is 1.41. The zero-order valence-electron chi connectivity index (χ0n) is 7.82. The monoisotopic (exact) mass is 262 g/mol. The van der Waals surface area contributed by atoms with Crippen LogP contribution in [0.3, 0.4) is 0 Å². The highest BCUT2D eigenvalue weighted by molar-refractivity contribution is 9.10. The van der Waals surface area contributed by atoms with Crippen molar-refractivity contribution in [2.75, 3.05) is 0 Å². The number of carboxylic acid groups (broad SMARTS) is 1. The summed E-state index contributed by atoms with van der Waals surface area (Å²) in [6.07, 6.45) is -1.49. The van der Waals surface area contributed by atoms with Crippen LogP contribution in [0.25, 0.3) is 0 Å². The molecule has 4 nitrogen and oxygen atoms in total. The largest absolute Gasteiger partial charge is 0.479 e. The molecule has 0 fully saturated rings. The van der Waals surface area contributed by atoms with E-state index < -0.39 is 17.5 Å². The number of carboxylic acids is 1. The number of carbonyl (C=O) groups is 1. The van der Waals surface area contributed by atoms with Crippen LogP contribution in [0.4, 0.5) is 0 Å². The van der Waals surface area contributed by atoms with Gasteiger partial charge >= 0.3 is 5.97 Å². The molecule has 0 aliphatic heterocycles. The van der Waals surface area contributed by atoms with Gasteiger partial charge < -0.3 is 14.6 Å². The summed E-state index contributed by atoms with van der Waals surface area (Å²) in [6.45, 7) is 3.22. The highest BCUT2D eigenvalue weighted by atomic mass is 79.9. The van der Waals surface area contributed by atoms with Gasteiger partial charge in [-0.1, -0.05) is 0 Å². The van der Waals surface area contributed by atoms with Gasteiger partial charge in [-0.25, -0.2) is 4.79 Å². The number of aliphatic carboxylic acids is 1. The van der Waals surface area contributed by atoms with Gasteiger partial charge in [0.15, 0.2) is 10.8 Å². The van der Waals surface area contributed by atoms with Gasteiger partial charge in [0.1, 0.15) is 5.76 Å². The smallest absolute Gasteiger partial charge is 0.333 e. The summed E-state index contributed by atoms with van der Waals surface area (Å²) < 4.78 is 5.73. The van der Waals surface area contributed by atoms with Gasteiger partial charge in [0.05, 0.1) is 5.41 Å². The first-order valence-corrected chi connectivity index (χ1v) is 4.81. The lowest BCUT2D eigenvalue weighted by Crippen LogP contribution is -2.39. The van der Waals surface area contributed by atoms with Crippen LogP contribution >= 0.6 is 15.9 Å². The van der Waals surface area contributed by atoms with Crippen LogP contribution < -0.4 is 0 Å². The molecule has 0 aliphatic carbocycles. The van der Waals surface area contributed by atoms with Gasteiger partial charge in [-0.15, -0.1) is 0 Å². The fraction of sp³-hybridized carbons (Fsp3) is 0.444. The molecule has 1 aromatic heterocycles. The van der Waals surface area contributed by atoms with Crippen molar-refractivity contribution in [3.63, 3.8) is 0 Å². The maximum Gasteiger partial charge on any atom is 0.333 e. The maximum absolute atomic E-state index is 10.6. The zero-order chi connectivity index (χ0) is 10.9. The van der Waals surface area contributed by atoms with Crippen molar-refractivity contribution >= 4 is 21.9 Å². The average Bonchev–Trinajstić information content (AvgIpc) is 2.50. The minimum Gasteiger partial charge on any atom is -0.479 e. The lowest BCUT2D eigenvalue weighted by atomic mass is 9.84. The quantitative estimate of drug-likeness (QED) is 0.871. The summed E-state index contributed by atoms with van der Waals surface area (Å²) >= 11 is 3.12. The van der Waals surface area contributed by atoms with Gasteiger partial charge in [0.2, 0.25) is 0 Å². The Bertz CT molecular complexity index is 342. The van der Waals surface area contributed by atoms with Crippen LogP contribution in [-0.2, 0) is 10.2 Å². The first-order valence-electron chi connectivity index (χ1n) is 4.02. The lowest BCUT2D eigenvalue weighted by molar-refractivity contribution is -0.150. The molecule has 1 unspecified atom stereocenters. The predicted molar refractivity (Wildman–Crippen MR) is 53.1 cm³/mol. The molecule has 0 saturated heterocycles. The molecule has 1 atom stereocenters. The van der Waals surface area contributed by atoms with Crippen molar-refractivity contribution in [3.8, 4) is 0 Å². The molecule has 0 radical (unpaired) electrons. The summed E-state index contributed by atoms with van der Waals surface area (Å²) in [7, 11) is 0. The molecule has 0 aliphatic rings. The van der Waals surface area contributed by atoms with Gasteiger partial charge in [-0.2, -0.15) is 0 Å². The molecule has 0 spiro atoms. The van der Waals surface area contributed by atoms with Crippen molar-refractivity contribution in [3.05, 3.63) is 22.6 Å². The average molecular weight is 263 g/mol. The molecule has 0 amide bonds. The van der Waals surface area contributed by atoms with Crippen molar-refractivity contribution < 1.29 is 19.4 Å². The molecule has 0 bridgehead atoms. The van der Waals surface area contributed by atoms with Gasteiger partial charge in [-0.3, -0.25) is 0 Å². The normalized spacial score (nSPS) is 14.0. The third-order valence-electron chi connectivity index (χ3n) is 2.13. The number of furan rings is 1. The number of hydrogen-bond acceptors (Lipinski definition) is 3. The van der Waals surface area contributed by atoms with Crippen molar-refractivity contribution in [1.29, 1.82) is 0 Å². The second kappa shape index (κ2) is 3.74. The Labute approximate surface area is 89.7 Å². The Morgan fingerprint density at radius 1 is 1.57 bits per heavy atom. The second-order valence-corrected chi connectivity index (χ2v) is 4.35. The van der Waals surface area contributed by atoms with E-state index in [0.29, 0.717) is 10.4 Å². The minimum absolute atomic E-state index is 0.430. The van der Waals surface area contributed by atoms with Crippen LogP contribution in [0.15, 0.2) is 21.2 Å². The van der Waals surface area contributed by atoms with E-state index in [0.717, 1.165) is 0 Å². The van der Waals surface area contributed by atoms with Crippen molar-refractivity contribution in [2.45, 2.75) is 25.4 Å². The standard InChI is InChI=1S/C9H11BrO4/c1-9(2,7(11)8(12)13)5-3-4-6(10)14-5/h3-4,7,11H,1-2H3,(H,12,13). The van der Waals surface area contributed by atoms with Crippen molar-refractivity contribution in [2.24, 2.45) is 0 Å². The third-order valence-corrected chi connectivity index (χ3v) is 2.55. The van der Waals surface area contributed by atoms with E-state index >= 15 is 0 Å². The van der Waals surface area contributed by atoms with Gasteiger partial charge in [-0.05, 0) is 41.9 Å². The van der Waals surface area contributed by atoms with Gasteiger partial charge in [0, 0.05) is 0 Å². The molecule has 0 aromatic carbocycles. The second-order valence-electron chi connectivity index (χ2n) is 3.57. The first-order chi connectivity index (χ1) is 6.35. The Balaban J connectivity index is 3.01. The Hall–Kier alpha value is -0.810. The van der Waals surface area contributed by atoms with E-state index in [-0.39, 0.29) is 0 Å². The summed E-state index contributed by atoms with van der Waals surface area (Å²) in [4.78, 5) is 10.6. The Morgan fingerprint density at radius 3 is 2.50 bits per heavy atom. The summed E-state index contributed by atoms with van der Waals surface area (Å²) in [5.41, 5.74) is -0.947. The number of hydrogen-bond donors (Lipinski definition) is 2. The minimum atomic E-state index is -1.49. The molecule has 78 valence electrons. The Kier molecular flexibility index (Phi) is 3.01. The predicted octanol–water partition coefficient (Wildman–Crippen LogP) is 1.77. The van der Waals surface area contributed by atoms with E-state index in [2.05, 4.69) is 15.9 Å². The van der Waals surface area contributed by atoms with Gasteiger partial charge in [0.25, 0.3) is 0 Å². The molecule has 5 heteroatoms. The number of aliphatic hydroxyl groups excluding tert-OH is 1. The molecule has 14 heavy (non-hydrogen) atoms. The SMILES string of the molecule is CC(C)(c1ccc(Br)o1)C(O)C(=O)O. The van der Waals surface area contributed by atoms with Crippen LogP contribution in [0, 0.1) is 0 Å². The highest BCUT2D eigenvalue weighted by Crippen LogP contribution is 2.30. The number of halogens is 1. The topological polar surface area (TPSA) is 70.7 Å². The molecule has 0 saturated carbocycles. The first kappa shape index (κ1) is 11.3. The zero-order valence-corrected chi connectivity index (χ0v) is 9.41. The summed E-state index contributed by atoms with van der Waals surface area (Å²) in [6, 6.07) is 3.29. The molecular formula is C9H11BrO4. The summed E-state index contributed by atoms with van der Waals surface area (Å²) in [5, 5.41) is 18.1. The number of rotatable bonds is 3. The molecule has 2 N–H and O–H groups in total. The molecule has 1 aromatic rings. The van der Waals surface area contributed by atoms with E-state index in [1.165, 1.54) is 0 Å². The molecular weight excluding hydrogens is 252 g/mol. The van der Waals surface area contributed by atoms with Crippen LogP contribution in [0.2, 0.25) is 0 Å². The lowest BCUT2D eigenvalue weighted by Gasteiger charge is -2.24. The van der Waals surface area contributed by atoms with Crippen LogP contribution in [0.1, 0.15) is 19.6 Å². The number of aliphatic hydroxyl groups is 1. The Morgan fingerprint density at radius 2 is 2.14 bits per heavy atom. The van der Waals surface area contributed by atoms with E-state index in [9.17, 15) is 9.90 Å². The molecule has 1 rings (SSSR count). The third kappa shape index (κ3) is 1.99. The van der Waals surface area contributed by atoms with Crippen molar-refractivity contribution in [1.82, 2.24) is 0 Å². The summed E-state index contributed by atoms with van der Waals surface area (Å²) in [5.74, 6) is -0.832. The fourth-order valence-electron chi connectivity index (χ4n) is 1.10. The van der Waals surface area contributed by atoms with E-state index in [1.807, 2.05) is 0 Å². The highest BCUT2D eigenvalue weighted by Gasteiger charge is 2.37. The maximum atomic E-state index is 10.6.